The minimum absolute atomic E-state index is 0.0463. The number of Topliss-reactive ketones (excluding diaryl/α,β-unsaturated/α-hetero) is 2. The van der Waals surface area contributed by atoms with Crippen molar-refractivity contribution in [3.63, 3.8) is 0 Å². The topological polar surface area (TPSA) is 34.1 Å². The first-order valence-corrected chi connectivity index (χ1v) is 10.2. The van der Waals surface area contributed by atoms with Crippen LogP contribution in [0, 0.1) is 11.8 Å². The SMILES string of the molecule is CC(=O)C(Cc1c(Cl)cccc1Cl)C(=O)[C@H]1CC[C@H](c2ccccc2)CC1. The molecule has 0 heterocycles. The molecule has 1 saturated carbocycles. The van der Waals surface area contributed by atoms with Gasteiger partial charge >= 0.3 is 0 Å². The second-order valence-electron chi connectivity index (χ2n) is 7.43. The Kier molecular flexibility index (Phi) is 6.73. The smallest absolute Gasteiger partial charge is 0.146 e. The Morgan fingerprint density at radius 2 is 1.52 bits per heavy atom. The quantitative estimate of drug-likeness (QED) is 0.532. The first-order chi connectivity index (χ1) is 13.0. The van der Waals surface area contributed by atoms with Crippen LogP contribution in [0.4, 0.5) is 0 Å². The molecular weight excluding hydrogens is 379 g/mol. The summed E-state index contributed by atoms with van der Waals surface area (Å²) in [6, 6.07) is 15.7. The molecule has 0 saturated heterocycles. The van der Waals surface area contributed by atoms with Crippen LogP contribution in [0.15, 0.2) is 48.5 Å². The van der Waals surface area contributed by atoms with E-state index in [2.05, 4.69) is 24.3 Å². The van der Waals surface area contributed by atoms with E-state index in [1.807, 2.05) is 6.07 Å². The summed E-state index contributed by atoms with van der Waals surface area (Å²) in [7, 11) is 0. The zero-order valence-corrected chi connectivity index (χ0v) is 17.0. The van der Waals surface area contributed by atoms with Gasteiger partial charge in [-0.3, -0.25) is 9.59 Å². The van der Waals surface area contributed by atoms with Gasteiger partial charge < -0.3 is 0 Å². The van der Waals surface area contributed by atoms with E-state index in [9.17, 15) is 9.59 Å². The maximum absolute atomic E-state index is 13.1. The van der Waals surface area contributed by atoms with Gasteiger partial charge in [-0.25, -0.2) is 0 Å². The summed E-state index contributed by atoms with van der Waals surface area (Å²) < 4.78 is 0. The van der Waals surface area contributed by atoms with Crippen molar-refractivity contribution in [2.45, 2.75) is 44.9 Å². The zero-order valence-electron chi connectivity index (χ0n) is 15.5. The predicted molar refractivity (Wildman–Crippen MR) is 110 cm³/mol. The normalized spacial score (nSPS) is 20.9. The van der Waals surface area contributed by atoms with Crippen molar-refractivity contribution < 1.29 is 9.59 Å². The third-order valence-electron chi connectivity index (χ3n) is 5.70. The van der Waals surface area contributed by atoms with Crippen LogP contribution < -0.4 is 0 Å². The molecule has 1 aliphatic rings. The summed E-state index contributed by atoms with van der Waals surface area (Å²) in [5.74, 6) is -0.281. The Bertz CT molecular complexity index is 788. The molecule has 4 heteroatoms. The number of hydrogen-bond acceptors (Lipinski definition) is 2. The van der Waals surface area contributed by atoms with Gasteiger partial charge in [-0.2, -0.15) is 0 Å². The van der Waals surface area contributed by atoms with E-state index in [0.29, 0.717) is 21.5 Å². The lowest BCUT2D eigenvalue weighted by Crippen LogP contribution is -2.32. The van der Waals surface area contributed by atoms with E-state index in [1.54, 1.807) is 18.2 Å². The Morgan fingerprint density at radius 3 is 2.07 bits per heavy atom. The first-order valence-electron chi connectivity index (χ1n) is 9.49. The third-order valence-corrected chi connectivity index (χ3v) is 6.41. The standard InChI is InChI=1S/C23H24Cl2O2/c1-15(26)19(14-20-21(24)8-5-9-22(20)25)23(27)18-12-10-17(11-13-18)16-6-3-2-4-7-16/h2-9,17-19H,10-14H2,1H3/t17-,18-,19?. The largest absolute Gasteiger partial charge is 0.299 e. The predicted octanol–water partition coefficient (Wildman–Crippen LogP) is 6.28. The maximum Gasteiger partial charge on any atom is 0.146 e. The number of halogens is 2. The highest BCUT2D eigenvalue weighted by atomic mass is 35.5. The molecule has 1 unspecified atom stereocenters. The number of hydrogen-bond donors (Lipinski definition) is 0. The van der Waals surface area contributed by atoms with Gasteiger partial charge in [0.05, 0.1) is 5.92 Å². The average molecular weight is 403 g/mol. The van der Waals surface area contributed by atoms with E-state index < -0.39 is 5.92 Å². The fraction of sp³-hybridized carbons (Fsp3) is 0.391. The summed E-state index contributed by atoms with van der Waals surface area (Å²) in [5.41, 5.74) is 2.03. The second-order valence-corrected chi connectivity index (χ2v) is 8.24. The summed E-state index contributed by atoms with van der Waals surface area (Å²) in [5, 5.41) is 1.02. The summed E-state index contributed by atoms with van der Waals surface area (Å²) >= 11 is 12.5. The Labute approximate surface area is 170 Å². The van der Waals surface area contributed by atoms with Crippen molar-refractivity contribution in [1.82, 2.24) is 0 Å². The maximum atomic E-state index is 13.1. The lowest BCUT2D eigenvalue weighted by Gasteiger charge is -2.30. The first kappa shape index (κ1) is 20.1. The molecule has 0 amide bonds. The lowest BCUT2D eigenvalue weighted by atomic mass is 9.73. The number of benzene rings is 2. The highest BCUT2D eigenvalue weighted by Gasteiger charge is 2.34. The van der Waals surface area contributed by atoms with Gasteiger partial charge in [-0.15, -0.1) is 0 Å². The molecule has 0 spiro atoms. The van der Waals surface area contributed by atoms with Crippen LogP contribution in [0.5, 0.6) is 0 Å². The van der Waals surface area contributed by atoms with Crippen LogP contribution in [-0.2, 0) is 16.0 Å². The molecule has 0 N–H and O–H groups in total. The number of ketones is 2. The number of carbonyl (C=O) groups is 2. The van der Waals surface area contributed by atoms with Crippen molar-refractivity contribution in [2.24, 2.45) is 11.8 Å². The van der Waals surface area contributed by atoms with Crippen molar-refractivity contribution in [2.75, 3.05) is 0 Å². The zero-order chi connectivity index (χ0) is 19.4. The van der Waals surface area contributed by atoms with Crippen LogP contribution in [0.2, 0.25) is 10.0 Å². The molecule has 0 aliphatic heterocycles. The molecule has 142 valence electrons. The van der Waals surface area contributed by atoms with Crippen LogP contribution >= 0.6 is 23.2 Å². The van der Waals surface area contributed by atoms with E-state index in [4.69, 9.17) is 23.2 Å². The Morgan fingerprint density at radius 1 is 0.926 bits per heavy atom. The molecule has 27 heavy (non-hydrogen) atoms. The molecule has 2 aromatic carbocycles. The van der Waals surface area contributed by atoms with Gasteiger partial charge in [0.1, 0.15) is 11.6 Å². The van der Waals surface area contributed by atoms with Crippen LogP contribution in [0.1, 0.15) is 49.7 Å². The fourth-order valence-electron chi connectivity index (χ4n) is 4.10. The molecule has 2 aromatic rings. The van der Waals surface area contributed by atoms with Crippen LogP contribution in [-0.4, -0.2) is 11.6 Å². The number of rotatable bonds is 6. The van der Waals surface area contributed by atoms with Gasteiger partial charge in [0.15, 0.2) is 0 Å². The molecule has 0 aromatic heterocycles. The van der Waals surface area contributed by atoms with Gasteiger partial charge in [0.25, 0.3) is 0 Å². The van der Waals surface area contributed by atoms with Gasteiger partial charge in [-0.1, -0.05) is 59.6 Å². The van der Waals surface area contributed by atoms with E-state index in [-0.39, 0.29) is 23.9 Å². The summed E-state index contributed by atoms with van der Waals surface area (Å²) in [6.07, 6.45) is 3.91. The third kappa shape index (κ3) is 4.80. The van der Waals surface area contributed by atoms with E-state index in [0.717, 1.165) is 25.7 Å². The Hall–Kier alpha value is -1.64. The monoisotopic (exact) mass is 402 g/mol. The van der Waals surface area contributed by atoms with Gasteiger partial charge in [0, 0.05) is 16.0 Å². The van der Waals surface area contributed by atoms with Crippen molar-refractivity contribution >= 4 is 34.8 Å². The van der Waals surface area contributed by atoms with Gasteiger partial charge in [-0.05, 0) is 68.2 Å². The van der Waals surface area contributed by atoms with Crippen molar-refractivity contribution in [1.29, 1.82) is 0 Å². The molecule has 3 rings (SSSR count). The molecular formula is C23H24Cl2O2. The lowest BCUT2D eigenvalue weighted by molar-refractivity contribution is -0.134. The molecule has 1 aliphatic carbocycles. The average Bonchev–Trinajstić information content (AvgIpc) is 2.68. The molecule has 0 bridgehead atoms. The van der Waals surface area contributed by atoms with E-state index in [1.165, 1.54) is 12.5 Å². The van der Waals surface area contributed by atoms with E-state index >= 15 is 0 Å². The summed E-state index contributed by atoms with van der Waals surface area (Å²) in [6.45, 7) is 1.49. The minimum Gasteiger partial charge on any atom is -0.299 e. The number of carbonyl (C=O) groups excluding carboxylic acids is 2. The minimum atomic E-state index is -0.666. The summed E-state index contributed by atoms with van der Waals surface area (Å²) in [4.78, 5) is 25.3. The molecule has 0 radical (unpaired) electrons. The van der Waals surface area contributed by atoms with Crippen LogP contribution in [0.25, 0.3) is 0 Å². The highest BCUT2D eigenvalue weighted by molar-refractivity contribution is 6.36. The van der Waals surface area contributed by atoms with Crippen molar-refractivity contribution in [3.8, 4) is 0 Å². The molecule has 2 nitrogen and oxygen atoms in total. The molecule has 1 atom stereocenters. The second kappa shape index (κ2) is 9.03. The van der Waals surface area contributed by atoms with Crippen LogP contribution in [0.3, 0.4) is 0 Å². The van der Waals surface area contributed by atoms with Crippen molar-refractivity contribution in [3.05, 3.63) is 69.7 Å². The molecule has 1 fully saturated rings. The van der Waals surface area contributed by atoms with Gasteiger partial charge in [0.2, 0.25) is 0 Å². The fourth-order valence-corrected chi connectivity index (χ4v) is 4.65. The highest BCUT2D eigenvalue weighted by Crippen LogP contribution is 2.38. The Balaban J connectivity index is 1.68.